The summed E-state index contributed by atoms with van der Waals surface area (Å²) in [6.07, 6.45) is 6.55. The molecular formula is C34H28ClFN4O6. The maximum atomic E-state index is 13.4. The van der Waals surface area contributed by atoms with Crippen molar-refractivity contribution < 1.29 is 28.1 Å². The van der Waals surface area contributed by atoms with Crippen molar-refractivity contribution in [3.63, 3.8) is 0 Å². The lowest BCUT2D eigenvalue weighted by Gasteiger charge is -2.23. The summed E-state index contributed by atoms with van der Waals surface area (Å²) in [5.74, 6) is 1.24. The third kappa shape index (κ3) is 6.50. The van der Waals surface area contributed by atoms with Crippen LogP contribution in [0.2, 0.25) is 5.02 Å². The van der Waals surface area contributed by atoms with Gasteiger partial charge in [-0.1, -0.05) is 11.6 Å². The van der Waals surface area contributed by atoms with Crippen molar-refractivity contribution >= 4 is 40.3 Å². The number of pyridine rings is 2. The lowest BCUT2D eigenvalue weighted by Crippen LogP contribution is -2.27. The van der Waals surface area contributed by atoms with Crippen LogP contribution in [0.25, 0.3) is 16.6 Å². The Kier molecular flexibility index (Phi) is 9.11. The molecule has 0 bridgehead atoms. The van der Waals surface area contributed by atoms with Crippen molar-refractivity contribution in [3.05, 3.63) is 106 Å². The average Bonchev–Trinajstić information content (AvgIpc) is 3.06. The summed E-state index contributed by atoms with van der Waals surface area (Å²) in [6.45, 7) is 1.20. The molecule has 0 aliphatic carbocycles. The molecule has 0 saturated carbocycles. The molecule has 12 heteroatoms. The second-order valence-electron chi connectivity index (χ2n) is 10.1. The van der Waals surface area contributed by atoms with Crippen molar-refractivity contribution in [1.29, 1.82) is 0 Å². The largest absolute Gasteiger partial charge is 0.489 e. The Morgan fingerprint density at radius 2 is 1.89 bits per heavy atom. The molecule has 1 N–H and O–H groups in total. The van der Waals surface area contributed by atoms with Gasteiger partial charge in [0.05, 0.1) is 28.2 Å². The van der Waals surface area contributed by atoms with Crippen molar-refractivity contribution in [3.8, 4) is 34.4 Å². The smallest absolute Gasteiger partial charge is 0.267 e. The number of ether oxygens (including phenoxy) is 4. The van der Waals surface area contributed by atoms with Crippen molar-refractivity contribution in [2.45, 2.75) is 12.8 Å². The van der Waals surface area contributed by atoms with Crippen LogP contribution in [0.3, 0.4) is 0 Å². The van der Waals surface area contributed by atoms with Crippen LogP contribution in [-0.2, 0) is 0 Å². The molecule has 0 saturated heterocycles. The number of nitrogens with one attached hydrogen (secondary N) is 1. The van der Waals surface area contributed by atoms with E-state index in [2.05, 4.69) is 15.3 Å². The highest BCUT2D eigenvalue weighted by atomic mass is 35.5. The summed E-state index contributed by atoms with van der Waals surface area (Å²) >= 11 is 6.55. The fourth-order valence-electron chi connectivity index (χ4n) is 4.90. The molecular weight excluding hydrogens is 615 g/mol. The Hall–Kier alpha value is -5.42. The van der Waals surface area contributed by atoms with E-state index in [1.54, 1.807) is 49.6 Å². The van der Waals surface area contributed by atoms with E-state index < -0.39 is 17.3 Å². The van der Waals surface area contributed by atoms with Crippen molar-refractivity contribution in [2.24, 2.45) is 4.99 Å². The molecule has 3 heterocycles. The van der Waals surface area contributed by atoms with E-state index in [1.807, 2.05) is 6.21 Å². The van der Waals surface area contributed by atoms with Crippen LogP contribution in [0.4, 0.5) is 10.1 Å². The van der Waals surface area contributed by atoms with Gasteiger partial charge in [0.15, 0.2) is 11.5 Å². The first-order chi connectivity index (χ1) is 22.4. The zero-order chi connectivity index (χ0) is 32.0. The second-order valence-corrected chi connectivity index (χ2v) is 10.5. The van der Waals surface area contributed by atoms with Gasteiger partial charge in [0.1, 0.15) is 36.1 Å². The second kappa shape index (κ2) is 13.7. The molecule has 0 spiro atoms. The molecule has 0 unspecified atom stereocenters. The van der Waals surface area contributed by atoms with Gasteiger partial charge < -0.3 is 29.3 Å². The van der Waals surface area contributed by atoms with Crippen LogP contribution in [0.5, 0.6) is 28.7 Å². The number of rotatable bonds is 10. The third-order valence-electron chi connectivity index (χ3n) is 7.07. The summed E-state index contributed by atoms with van der Waals surface area (Å²) in [5.41, 5.74) is 0.606. The maximum Gasteiger partial charge on any atom is 0.267 e. The number of fused-ring (bicyclic) bond motifs is 3. The van der Waals surface area contributed by atoms with Gasteiger partial charge in [-0.05, 0) is 73.7 Å². The number of hydrogen-bond acceptors (Lipinski definition) is 8. The van der Waals surface area contributed by atoms with Crippen LogP contribution < -0.4 is 29.8 Å². The third-order valence-corrected chi connectivity index (χ3v) is 7.39. The minimum atomic E-state index is -0.655. The molecule has 0 atom stereocenters. The van der Waals surface area contributed by atoms with Gasteiger partial charge in [-0.2, -0.15) is 0 Å². The number of anilines is 1. The van der Waals surface area contributed by atoms with Crippen LogP contribution in [0.1, 0.15) is 23.2 Å². The number of hydrogen-bond donors (Lipinski definition) is 1. The number of halogens is 2. The summed E-state index contributed by atoms with van der Waals surface area (Å²) in [5, 5.41) is 3.48. The van der Waals surface area contributed by atoms with Gasteiger partial charge in [-0.3, -0.25) is 19.1 Å². The number of carbonyl (C=O) groups excluding carboxylic acids is 1. The van der Waals surface area contributed by atoms with Gasteiger partial charge in [0.2, 0.25) is 5.75 Å². The molecule has 1 aliphatic rings. The SMILES string of the molecule is CN=CCCCOc1cc2nccc(Oc3ccc(NC(=O)c4cccn(-c5ccc(F)cc5)c4=O)c(Cl)c3)c2c2c1OCCO2. The highest BCUT2D eigenvalue weighted by Crippen LogP contribution is 2.48. The number of aliphatic imine (C=N–C) groups is 1. The molecule has 2 aromatic heterocycles. The van der Waals surface area contributed by atoms with Crippen LogP contribution in [0, 0.1) is 5.82 Å². The van der Waals surface area contributed by atoms with E-state index in [4.69, 9.17) is 30.5 Å². The van der Waals surface area contributed by atoms with Gasteiger partial charge in [-0.25, -0.2) is 4.39 Å². The highest BCUT2D eigenvalue weighted by Gasteiger charge is 2.25. The zero-order valence-electron chi connectivity index (χ0n) is 24.7. The Morgan fingerprint density at radius 3 is 2.67 bits per heavy atom. The molecule has 10 nitrogen and oxygen atoms in total. The standard InChI is InChI=1S/C34H28ClFN4O6/c1-37-13-2-3-16-43-29-20-27-30(32-31(29)44-17-18-45-32)28(12-14-38-27)46-23-10-11-26(25(35)19-23)39-33(41)24-5-4-15-40(34(24)42)22-8-6-21(36)7-9-22/h4-15,19-20H,2-3,16-18H2,1H3,(H,39,41). The Morgan fingerprint density at radius 1 is 1.09 bits per heavy atom. The van der Waals surface area contributed by atoms with Crippen LogP contribution in [-0.4, -0.2) is 48.5 Å². The predicted molar refractivity (Wildman–Crippen MR) is 173 cm³/mol. The van der Waals surface area contributed by atoms with E-state index in [0.717, 1.165) is 12.8 Å². The van der Waals surface area contributed by atoms with Gasteiger partial charge in [0.25, 0.3) is 11.5 Å². The molecule has 1 amide bonds. The van der Waals surface area contributed by atoms with E-state index in [1.165, 1.54) is 41.1 Å². The number of amides is 1. The molecule has 5 aromatic rings. The Bertz CT molecular complexity index is 2000. The fraction of sp³-hybridized carbons (Fsp3) is 0.176. The lowest BCUT2D eigenvalue weighted by molar-refractivity contribution is 0.102. The normalized spacial score (nSPS) is 12.3. The minimum Gasteiger partial charge on any atom is -0.489 e. The molecule has 3 aromatic carbocycles. The average molecular weight is 643 g/mol. The van der Waals surface area contributed by atoms with Gasteiger partial charge in [0, 0.05) is 37.3 Å². The topological polar surface area (TPSA) is 113 Å². The lowest BCUT2D eigenvalue weighted by atomic mass is 10.1. The quantitative estimate of drug-likeness (QED) is 0.131. The van der Waals surface area contributed by atoms with Crippen LogP contribution >= 0.6 is 11.6 Å². The van der Waals surface area contributed by atoms with E-state index in [0.29, 0.717) is 65.2 Å². The minimum absolute atomic E-state index is 0.114. The Labute approximate surface area is 268 Å². The van der Waals surface area contributed by atoms with E-state index in [9.17, 15) is 14.0 Å². The van der Waals surface area contributed by atoms with Crippen molar-refractivity contribution in [2.75, 3.05) is 32.2 Å². The summed E-state index contributed by atoms with van der Waals surface area (Å²) in [4.78, 5) is 34.7. The molecule has 46 heavy (non-hydrogen) atoms. The number of aromatic nitrogens is 2. The number of carbonyl (C=O) groups is 1. The highest BCUT2D eigenvalue weighted by molar-refractivity contribution is 6.34. The number of unbranched alkanes of at least 4 members (excludes halogenated alkanes) is 1. The molecule has 0 radical (unpaired) electrons. The first kappa shape index (κ1) is 30.6. The summed E-state index contributed by atoms with van der Waals surface area (Å²) in [6, 6.07) is 16.6. The monoisotopic (exact) mass is 642 g/mol. The molecule has 234 valence electrons. The summed E-state index contributed by atoms with van der Waals surface area (Å²) < 4.78 is 38.8. The molecule has 0 fully saturated rings. The molecule has 6 rings (SSSR count). The molecule has 1 aliphatic heterocycles. The maximum absolute atomic E-state index is 13.4. The predicted octanol–water partition coefficient (Wildman–Crippen LogP) is 6.85. The van der Waals surface area contributed by atoms with Gasteiger partial charge in [-0.15, -0.1) is 0 Å². The summed E-state index contributed by atoms with van der Waals surface area (Å²) in [7, 11) is 1.74. The first-order valence-corrected chi connectivity index (χ1v) is 14.8. The zero-order valence-corrected chi connectivity index (χ0v) is 25.4. The number of nitrogens with zero attached hydrogens (tertiary/aromatic N) is 3. The number of benzene rings is 3. The fourth-order valence-corrected chi connectivity index (χ4v) is 5.12. The van der Waals surface area contributed by atoms with Crippen LogP contribution in [0.15, 0.2) is 88.9 Å². The van der Waals surface area contributed by atoms with Crippen molar-refractivity contribution in [1.82, 2.24) is 9.55 Å². The first-order valence-electron chi connectivity index (χ1n) is 14.4. The van der Waals surface area contributed by atoms with E-state index in [-0.39, 0.29) is 16.3 Å². The van der Waals surface area contributed by atoms with Gasteiger partial charge >= 0.3 is 0 Å². The van der Waals surface area contributed by atoms with E-state index >= 15 is 0 Å². The Balaban J connectivity index is 1.23.